The van der Waals surface area contributed by atoms with E-state index in [1.54, 1.807) is 18.2 Å². The van der Waals surface area contributed by atoms with Gasteiger partial charge in [-0.3, -0.25) is 8.98 Å². The SMILES string of the molecule is CCCCC(CC)C(=O)OCCOCCOCCOCCOCCOCCOCCOCCOCCOCCOS(=O)(=O)c1ccccc1. The first-order valence-corrected chi connectivity index (χ1v) is 18.7. The Kier molecular flexibility index (Phi) is 30.8. The highest BCUT2D eigenvalue weighted by Gasteiger charge is 2.17. The Morgan fingerprint density at radius 3 is 1.22 bits per heavy atom. The molecular weight excluding hydrogens is 664 g/mol. The molecule has 0 aliphatic heterocycles. The van der Waals surface area contributed by atoms with Crippen molar-refractivity contribution in [3.8, 4) is 0 Å². The van der Waals surface area contributed by atoms with Crippen LogP contribution in [0.25, 0.3) is 0 Å². The van der Waals surface area contributed by atoms with Crippen molar-refractivity contribution in [3.63, 3.8) is 0 Å². The average Bonchev–Trinajstić information content (AvgIpc) is 3.11. The van der Waals surface area contributed by atoms with E-state index in [0.29, 0.717) is 112 Å². The molecule has 0 fully saturated rings. The minimum absolute atomic E-state index is 0.0113. The Balaban J connectivity index is 1.70. The van der Waals surface area contributed by atoms with Crippen LogP contribution in [0.2, 0.25) is 0 Å². The smallest absolute Gasteiger partial charge is 0.308 e. The molecule has 286 valence electrons. The molecule has 0 saturated heterocycles. The summed E-state index contributed by atoms with van der Waals surface area (Å²) in [4.78, 5) is 12.1. The second-order valence-corrected chi connectivity index (χ2v) is 12.1. The van der Waals surface area contributed by atoms with Crippen molar-refractivity contribution in [2.75, 3.05) is 132 Å². The Hall–Kier alpha value is -1.76. The standard InChI is InChI=1S/C34H60O14S/c1-3-5-9-32(4-2)34(35)47-30-28-45-26-24-43-22-20-41-18-16-39-14-12-38-13-15-40-17-19-42-21-23-44-25-27-46-29-31-48-49(36,37)33-10-7-6-8-11-33/h6-8,10-11,32H,3-5,9,12-31H2,1-2H3. The lowest BCUT2D eigenvalue weighted by Gasteiger charge is -2.13. The molecule has 0 bridgehead atoms. The van der Waals surface area contributed by atoms with E-state index in [2.05, 4.69) is 6.92 Å². The summed E-state index contributed by atoms with van der Waals surface area (Å²) < 4.78 is 83.1. The van der Waals surface area contributed by atoms with Gasteiger partial charge in [0.05, 0.1) is 136 Å². The van der Waals surface area contributed by atoms with Crippen molar-refractivity contribution >= 4 is 16.1 Å². The Morgan fingerprint density at radius 2 is 0.878 bits per heavy atom. The number of hydrogen-bond donors (Lipinski definition) is 0. The van der Waals surface area contributed by atoms with Gasteiger partial charge in [-0.2, -0.15) is 8.42 Å². The molecule has 1 atom stereocenters. The van der Waals surface area contributed by atoms with E-state index in [0.717, 1.165) is 25.7 Å². The maximum Gasteiger partial charge on any atom is 0.308 e. The summed E-state index contributed by atoms with van der Waals surface area (Å²) >= 11 is 0. The molecule has 0 aliphatic carbocycles. The summed E-state index contributed by atoms with van der Waals surface area (Å²) in [6.07, 6.45) is 3.81. The van der Waals surface area contributed by atoms with E-state index in [9.17, 15) is 13.2 Å². The minimum atomic E-state index is -3.76. The molecule has 1 aromatic rings. The normalized spacial score (nSPS) is 12.4. The third-order valence-electron chi connectivity index (χ3n) is 6.68. The highest BCUT2D eigenvalue weighted by molar-refractivity contribution is 7.86. The number of esters is 1. The van der Waals surface area contributed by atoms with E-state index in [1.807, 2.05) is 6.92 Å². The Morgan fingerprint density at radius 1 is 0.531 bits per heavy atom. The Bertz CT molecular complexity index is 967. The zero-order valence-electron chi connectivity index (χ0n) is 29.6. The highest BCUT2D eigenvalue weighted by Crippen LogP contribution is 2.14. The molecule has 0 radical (unpaired) electrons. The molecular formula is C34H60O14S. The van der Waals surface area contributed by atoms with Crippen molar-refractivity contribution in [1.82, 2.24) is 0 Å². The number of benzene rings is 1. The lowest BCUT2D eigenvalue weighted by atomic mass is 10.00. The van der Waals surface area contributed by atoms with Crippen LogP contribution in [-0.2, 0) is 66.5 Å². The zero-order chi connectivity index (χ0) is 35.5. The first-order valence-electron chi connectivity index (χ1n) is 17.3. The number of carbonyl (C=O) groups excluding carboxylic acids is 1. The number of ether oxygens (including phenoxy) is 10. The van der Waals surface area contributed by atoms with E-state index < -0.39 is 10.1 Å². The zero-order valence-corrected chi connectivity index (χ0v) is 30.4. The van der Waals surface area contributed by atoms with Gasteiger partial charge in [0.25, 0.3) is 10.1 Å². The van der Waals surface area contributed by atoms with Gasteiger partial charge in [0.1, 0.15) is 6.61 Å². The second-order valence-electron chi connectivity index (χ2n) is 10.5. The van der Waals surface area contributed by atoms with Crippen LogP contribution in [0, 0.1) is 5.92 Å². The minimum Gasteiger partial charge on any atom is -0.463 e. The summed E-state index contributed by atoms with van der Waals surface area (Å²) in [6, 6.07) is 7.97. The van der Waals surface area contributed by atoms with Gasteiger partial charge >= 0.3 is 5.97 Å². The molecule has 0 amide bonds. The molecule has 0 heterocycles. The maximum atomic E-state index is 12.0. The van der Waals surface area contributed by atoms with E-state index in [1.165, 1.54) is 12.1 Å². The largest absolute Gasteiger partial charge is 0.463 e. The quantitative estimate of drug-likeness (QED) is 0.0560. The summed E-state index contributed by atoms with van der Waals surface area (Å²) in [5.74, 6) is -0.139. The third kappa shape index (κ3) is 27.6. The topological polar surface area (TPSA) is 153 Å². The van der Waals surface area contributed by atoms with Gasteiger partial charge < -0.3 is 47.4 Å². The van der Waals surface area contributed by atoms with E-state index >= 15 is 0 Å². The van der Waals surface area contributed by atoms with Crippen LogP contribution in [0.4, 0.5) is 0 Å². The lowest BCUT2D eigenvalue weighted by Crippen LogP contribution is -2.20. The van der Waals surface area contributed by atoms with Gasteiger partial charge in [0, 0.05) is 0 Å². The predicted molar refractivity (Wildman–Crippen MR) is 181 cm³/mol. The first-order chi connectivity index (χ1) is 24.0. The molecule has 15 heteroatoms. The monoisotopic (exact) mass is 724 g/mol. The summed E-state index contributed by atoms with van der Waals surface area (Å²) in [6.45, 7) is 12.0. The van der Waals surface area contributed by atoms with Gasteiger partial charge in [0.15, 0.2) is 0 Å². The Labute approximate surface area is 293 Å². The molecule has 14 nitrogen and oxygen atoms in total. The van der Waals surface area contributed by atoms with Crippen LogP contribution >= 0.6 is 0 Å². The predicted octanol–water partition coefficient (Wildman–Crippen LogP) is 3.30. The van der Waals surface area contributed by atoms with Crippen molar-refractivity contribution < 1.29 is 64.8 Å². The van der Waals surface area contributed by atoms with Crippen LogP contribution in [0.3, 0.4) is 0 Å². The van der Waals surface area contributed by atoms with Crippen LogP contribution in [0.15, 0.2) is 35.2 Å². The molecule has 0 saturated carbocycles. The number of rotatable bonds is 37. The molecule has 0 N–H and O–H groups in total. The molecule has 1 unspecified atom stereocenters. The number of carbonyl (C=O) groups is 1. The fraction of sp³-hybridized carbons (Fsp3) is 0.794. The fourth-order valence-electron chi connectivity index (χ4n) is 3.98. The number of hydrogen-bond acceptors (Lipinski definition) is 14. The molecule has 0 aromatic heterocycles. The molecule has 0 spiro atoms. The van der Waals surface area contributed by atoms with Crippen LogP contribution < -0.4 is 0 Å². The van der Waals surface area contributed by atoms with E-state index in [4.69, 9.17) is 51.6 Å². The lowest BCUT2D eigenvalue weighted by molar-refractivity contribution is -0.150. The third-order valence-corrected chi connectivity index (χ3v) is 8.00. The number of unbranched alkanes of at least 4 members (excludes halogenated alkanes) is 1. The molecule has 1 aromatic carbocycles. The second kappa shape index (κ2) is 33.4. The highest BCUT2D eigenvalue weighted by atomic mass is 32.2. The molecule has 49 heavy (non-hydrogen) atoms. The first kappa shape index (κ1) is 45.3. The summed E-state index contributed by atoms with van der Waals surface area (Å²) in [7, 11) is -3.76. The maximum absolute atomic E-state index is 12.0. The van der Waals surface area contributed by atoms with Gasteiger partial charge in [-0.1, -0.05) is 44.9 Å². The van der Waals surface area contributed by atoms with Gasteiger partial charge in [0.2, 0.25) is 0 Å². The average molecular weight is 725 g/mol. The van der Waals surface area contributed by atoms with Gasteiger partial charge in [-0.05, 0) is 25.0 Å². The van der Waals surface area contributed by atoms with Crippen molar-refractivity contribution in [1.29, 1.82) is 0 Å². The van der Waals surface area contributed by atoms with Crippen molar-refractivity contribution in [3.05, 3.63) is 30.3 Å². The van der Waals surface area contributed by atoms with Gasteiger partial charge in [-0.25, -0.2) is 0 Å². The summed E-state index contributed by atoms with van der Waals surface area (Å²) in [5.41, 5.74) is 0. The van der Waals surface area contributed by atoms with Gasteiger partial charge in [-0.15, -0.1) is 0 Å². The summed E-state index contributed by atoms with van der Waals surface area (Å²) in [5, 5.41) is 0. The molecule has 0 aliphatic rings. The van der Waals surface area contributed by atoms with Crippen molar-refractivity contribution in [2.24, 2.45) is 5.92 Å². The van der Waals surface area contributed by atoms with Crippen molar-refractivity contribution in [2.45, 2.75) is 44.4 Å². The van der Waals surface area contributed by atoms with Crippen LogP contribution in [-0.4, -0.2) is 147 Å². The van der Waals surface area contributed by atoms with Crippen LogP contribution in [0.5, 0.6) is 0 Å². The fourth-order valence-corrected chi connectivity index (χ4v) is 4.89. The molecule has 1 rings (SSSR count). The van der Waals surface area contributed by atoms with E-state index in [-0.39, 0.29) is 36.6 Å². The van der Waals surface area contributed by atoms with Crippen LogP contribution in [0.1, 0.15) is 39.5 Å².